The quantitative estimate of drug-likeness (QED) is 0.412. The summed E-state index contributed by atoms with van der Waals surface area (Å²) in [4.78, 5) is 18.4. The Morgan fingerprint density at radius 1 is 1.11 bits per heavy atom. The molecular weight excluding hydrogens is 482 g/mol. The molecule has 0 saturated carbocycles. The molecule has 192 valence electrons. The van der Waals surface area contributed by atoms with Crippen LogP contribution in [0.4, 0.5) is 8.78 Å². The molecule has 0 bridgehead atoms. The van der Waals surface area contributed by atoms with Crippen LogP contribution in [0.3, 0.4) is 0 Å². The van der Waals surface area contributed by atoms with Crippen molar-refractivity contribution in [2.45, 2.75) is 25.1 Å². The second kappa shape index (κ2) is 10.2. The average Bonchev–Trinajstić information content (AvgIpc) is 3.61. The number of hydrogen-bond donors (Lipinski definition) is 1. The Balaban J connectivity index is 1.41. The molecule has 0 radical (unpaired) electrons. The molecule has 1 aliphatic heterocycles. The van der Waals surface area contributed by atoms with Gasteiger partial charge in [-0.2, -0.15) is 10.2 Å². The molecule has 2 aromatic carbocycles. The number of morpholine rings is 1. The lowest BCUT2D eigenvalue weighted by molar-refractivity contribution is -0.0368. The molecule has 1 N–H and O–H groups in total. The van der Waals surface area contributed by atoms with Gasteiger partial charge >= 0.3 is 0 Å². The first-order valence-electron chi connectivity index (χ1n) is 11.9. The molecule has 0 spiro atoms. The van der Waals surface area contributed by atoms with Crippen molar-refractivity contribution in [3.8, 4) is 11.1 Å². The van der Waals surface area contributed by atoms with Crippen LogP contribution in [0.5, 0.6) is 0 Å². The van der Waals surface area contributed by atoms with Crippen molar-refractivity contribution in [2.75, 3.05) is 26.3 Å². The summed E-state index contributed by atoms with van der Waals surface area (Å²) in [6.45, 7) is 3.76. The summed E-state index contributed by atoms with van der Waals surface area (Å²) in [5.41, 5.74) is 0.244. The van der Waals surface area contributed by atoms with E-state index in [0.717, 1.165) is 23.3 Å². The van der Waals surface area contributed by atoms with Crippen molar-refractivity contribution in [2.24, 2.45) is 0 Å². The predicted molar refractivity (Wildman–Crippen MR) is 129 cm³/mol. The SMILES string of the molecule is C[C@@H](n1cc(-c2ccc(C(=O)N3CCOCC3)cc2)cn1)[C@](O)(Cn1cncn1)c1ccc(F)cc1F. The van der Waals surface area contributed by atoms with Gasteiger partial charge in [0.15, 0.2) is 0 Å². The van der Waals surface area contributed by atoms with Crippen LogP contribution >= 0.6 is 0 Å². The van der Waals surface area contributed by atoms with Gasteiger partial charge < -0.3 is 14.7 Å². The maximum Gasteiger partial charge on any atom is 0.254 e. The van der Waals surface area contributed by atoms with Crippen molar-refractivity contribution < 1.29 is 23.4 Å². The minimum atomic E-state index is -1.83. The molecular formula is C26H26F2N6O3. The number of halogens is 2. The van der Waals surface area contributed by atoms with E-state index in [9.17, 15) is 18.7 Å². The maximum absolute atomic E-state index is 14.8. The highest BCUT2D eigenvalue weighted by atomic mass is 19.1. The van der Waals surface area contributed by atoms with Crippen LogP contribution in [0.25, 0.3) is 11.1 Å². The zero-order valence-corrected chi connectivity index (χ0v) is 20.2. The topological polar surface area (TPSA) is 98.3 Å². The van der Waals surface area contributed by atoms with Crippen LogP contribution in [0.15, 0.2) is 67.5 Å². The van der Waals surface area contributed by atoms with Crippen LogP contribution < -0.4 is 0 Å². The zero-order valence-electron chi connectivity index (χ0n) is 20.2. The van der Waals surface area contributed by atoms with Crippen molar-refractivity contribution in [3.05, 3.63) is 90.3 Å². The molecule has 2 aromatic heterocycles. The smallest absolute Gasteiger partial charge is 0.254 e. The van der Waals surface area contributed by atoms with Gasteiger partial charge in [-0.15, -0.1) is 0 Å². The van der Waals surface area contributed by atoms with Crippen LogP contribution in [-0.2, 0) is 16.9 Å². The van der Waals surface area contributed by atoms with E-state index >= 15 is 0 Å². The van der Waals surface area contributed by atoms with Gasteiger partial charge in [0.25, 0.3) is 5.91 Å². The van der Waals surface area contributed by atoms with Gasteiger partial charge in [-0.3, -0.25) is 9.48 Å². The van der Waals surface area contributed by atoms with Crippen LogP contribution in [0.2, 0.25) is 0 Å². The van der Waals surface area contributed by atoms with E-state index in [1.165, 1.54) is 28.1 Å². The second-order valence-electron chi connectivity index (χ2n) is 9.01. The summed E-state index contributed by atoms with van der Waals surface area (Å²) in [5, 5.41) is 20.2. The Morgan fingerprint density at radius 3 is 2.54 bits per heavy atom. The maximum atomic E-state index is 14.8. The Morgan fingerprint density at radius 2 is 1.86 bits per heavy atom. The van der Waals surface area contributed by atoms with Gasteiger partial charge in [0.05, 0.1) is 32.0 Å². The third-order valence-corrected chi connectivity index (χ3v) is 6.72. The summed E-state index contributed by atoms with van der Waals surface area (Å²) in [5.74, 6) is -1.66. The standard InChI is InChI=1S/C26H26F2N6O3/c1-18(26(36,15-33-17-29-16-31-33)23-7-6-22(27)12-24(23)28)34-14-21(13-30-34)19-2-4-20(5-3-19)25(35)32-8-10-37-11-9-32/h2-7,12-14,16-18,36H,8-11,15H2,1H3/t18-,26-/m1/s1. The first-order valence-corrected chi connectivity index (χ1v) is 11.9. The van der Waals surface area contributed by atoms with Gasteiger partial charge in [-0.25, -0.2) is 18.4 Å². The van der Waals surface area contributed by atoms with Crippen molar-refractivity contribution in [1.82, 2.24) is 29.4 Å². The molecule has 2 atom stereocenters. The molecule has 4 aromatic rings. The highest BCUT2D eigenvalue weighted by Gasteiger charge is 2.40. The van der Waals surface area contributed by atoms with Crippen LogP contribution in [0.1, 0.15) is 28.9 Å². The number of aliphatic hydroxyl groups is 1. The lowest BCUT2D eigenvalue weighted by Crippen LogP contribution is -2.40. The Bertz CT molecular complexity index is 1370. The predicted octanol–water partition coefficient (Wildman–Crippen LogP) is 3.04. The fourth-order valence-corrected chi connectivity index (χ4v) is 4.52. The summed E-state index contributed by atoms with van der Waals surface area (Å²) < 4.78 is 36.7. The van der Waals surface area contributed by atoms with E-state index in [1.54, 1.807) is 36.4 Å². The summed E-state index contributed by atoms with van der Waals surface area (Å²) >= 11 is 0. The van der Waals surface area contributed by atoms with Gasteiger partial charge in [0.1, 0.15) is 29.9 Å². The van der Waals surface area contributed by atoms with Crippen molar-refractivity contribution >= 4 is 5.91 Å². The molecule has 37 heavy (non-hydrogen) atoms. The van der Waals surface area contributed by atoms with Gasteiger partial charge in [0, 0.05) is 42.0 Å². The fourth-order valence-electron chi connectivity index (χ4n) is 4.52. The minimum Gasteiger partial charge on any atom is -0.381 e. The van der Waals surface area contributed by atoms with Crippen molar-refractivity contribution in [3.63, 3.8) is 0 Å². The lowest BCUT2D eigenvalue weighted by Gasteiger charge is -2.34. The minimum absolute atomic E-state index is 0.0429. The molecule has 1 saturated heterocycles. The number of nitrogens with zero attached hydrogens (tertiary/aromatic N) is 6. The molecule has 9 nitrogen and oxygen atoms in total. The number of benzene rings is 2. The van der Waals surface area contributed by atoms with E-state index in [-0.39, 0.29) is 18.0 Å². The van der Waals surface area contributed by atoms with Gasteiger partial charge in [-0.1, -0.05) is 18.2 Å². The number of carbonyl (C=O) groups excluding carboxylic acids is 1. The Labute approximate surface area is 211 Å². The summed E-state index contributed by atoms with van der Waals surface area (Å²) in [7, 11) is 0. The molecule has 5 rings (SSSR count). The van der Waals surface area contributed by atoms with Gasteiger partial charge in [-0.05, 0) is 30.7 Å². The summed E-state index contributed by atoms with van der Waals surface area (Å²) in [6.07, 6.45) is 6.09. The molecule has 1 amide bonds. The van der Waals surface area contributed by atoms with Crippen LogP contribution in [0, 0.1) is 11.6 Å². The normalized spacial score (nSPS) is 16.4. The Kier molecular flexibility index (Phi) is 6.81. The number of rotatable bonds is 7. The number of carbonyl (C=O) groups is 1. The van der Waals surface area contributed by atoms with E-state index in [1.807, 2.05) is 12.1 Å². The second-order valence-corrected chi connectivity index (χ2v) is 9.01. The number of hydrogen-bond acceptors (Lipinski definition) is 6. The third-order valence-electron chi connectivity index (χ3n) is 6.72. The highest BCUT2D eigenvalue weighted by molar-refractivity contribution is 5.94. The zero-order chi connectivity index (χ0) is 26.0. The number of aromatic nitrogens is 5. The van der Waals surface area contributed by atoms with Crippen molar-refractivity contribution in [1.29, 1.82) is 0 Å². The lowest BCUT2D eigenvalue weighted by atomic mass is 9.86. The first kappa shape index (κ1) is 24.7. The van der Waals surface area contributed by atoms with E-state index in [4.69, 9.17) is 4.74 Å². The first-order chi connectivity index (χ1) is 17.8. The summed E-state index contributed by atoms with van der Waals surface area (Å²) in [6, 6.07) is 9.50. The van der Waals surface area contributed by atoms with E-state index in [2.05, 4.69) is 15.2 Å². The largest absolute Gasteiger partial charge is 0.381 e. The third kappa shape index (κ3) is 5.00. The molecule has 1 fully saturated rings. The average molecular weight is 509 g/mol. The number of ether oxygens (including phenoxy) is 1. The highest BCUT2D eigenvalue weighted by Crippen LogP contribution is 2.37. The van der Waals surface area contributed by atoms with E-state index in [0.29, 0.717) is 31.9 Å². The van der Waals surface area contributed by atoms with E-state index < -0.39 is 23.3 Å². The van der Waals surface area contributed by atoms with Gasteiger partial charge in [0.2, 0.25) is 0 Å². The van der Waals surface area contributed by atoms with Crippen LogP contribution in [-0.4, -0.2) is 66.8 Å². The molecule has 0 aliphatic carbocycles. The number of amides is 1. The molecule has 3 heterocycles. The molecule has 11 heteroatoms. The molecule has 0 unspecified atom stereocenters. The monoisotopic (exact) mass is 508 g/mol. The molecule has 1 aliphatic rings. The Hall–Kier alpha value is -3.96. The fraction of sp³-hybridized carbons (Fsp3) is 0.308.